The van der Waals surface area contributed by atoms with Crippen LogP contribution in [-0.2, 0) is 15.0 Å². The number of carboxylic acid groups (broad SMARTS) is 1. The SMILES string of the molecule is Bc1ccc2c(c1)N(COc1ccc(C(C)CC(=O)O)cc1)C(=O)C2(C)C. The number of carbonyl (C=O) groups is 2. The van der Waals surface area contributed by atoms with E-state index in [-0.39, 0.29) is 25.0 Å². The number of aliphatic carboxylic acids is 1. The molecular weight excluding hydrogens is 341 g/mol. The van der Waals surface area contributed by atoms with Gasteiger partial charge in [-0.1, -0.05) is 36.7 Å². The van der Waals surface area contributed by atoms with Gasteiger partial charge in [-0.3, -0.25) is 14.5 Å². The number of benzene rings is 2. The Bertz CT molecular complexity index is 876. The Morgan fingerprint density at radius 3 is 2.52 bits per heavy atom. The van der Waals surface area contributed by atoms with Gasteiger partial charge in [-0.25, -0.2) is 0 Å². The molecule has 5 nitrogen and oxygen atoms in total. The second-order valence-electron chi connectivity index (χ2n) is 7.72. The Morgan fingerprint density at radius 1 is 1.22 bits per heavy atom. The van der Waals surface area contributed by atoms with Crippen molar-refractivity contribution in [3.63, 3.8) is 0 Å². The summed E-state index contributed by atoms with van der Waals surface area (Å²) < 4.78 is 5.86. The molecule has 0 aromatic heterocycles. The summed E-state index contributed by atoms with van der Waals surface area (Å²) in [6.07, 6.45) is 0.0910. The van der Waals surface area contributed by atoms with Crippen molar-refractivity contribution in [3.8, 4) is 5.75 Å². The van der Waals surface area contributed by atoms with Crippen LogP contribution in [0.2, 0.25) is 0 Å². The van der Waals surface area contributed by atoms with E-state index in [4.69, 9.17) is 9.84 Å². The van der Waals surface area contributed by atoms with Crippen LogP contribution in [0.25, 0.3) is 0 Å². The molecule has 3 rings (SSSR count). The van der Waals surface area contributed by atoms with Gasteiger partial charge in [-0.15, -0.1) is 0 Å². The molecule has 0 saturated heterocycles. The lowest BCUT2D eigenvalue weighted by molar-refractivity contribution is -0.137. The maximum absolute atomic E-state index is 12.9. The molecule has 1 N–H and O–H groups in total. The third-order valence-corrected chi connectivity index (χ3v) is 5.19. The molecule has 0 bridgehead atoms. The average molecular weight is 365 g/mol. The molecule has 140 valence electrons. The van der Waals surface area contributed by atoms with Gasteiger partial charge >= 0.3 is 5.97 Å². The summed E-state index contributed by atoms with van der Waals surface area (Å²) >= 11 is 0. The molecule has 6 heteroatoms. The molecule has 27 heavy (non-hydrogen) atoms. The molecule has 1 unspecified atom stereocenters. The number of fused-ring (bicyclic) bond motifs is 1. The van der Waals surface area contributed by atoms with E-state index >= 15 is 0 Å². The van der Waals surface area contributed by atoms with Gasteiger partial charge in [-0.05, 0) is 49.1 Å². The number of hydrogen-bond acceptors (Lipinski definition) is 3. The monoisotopic (exact) mass is 365 g/mol. The van der Waals surface area contributed by atoms with Gasteiger partial charge in [0, 0.05) is 0 Å². The highest BCUT2D eigenvalue weighted by Gasteiger charge is 2.43. The number of hydrogen-bond donors (Lipinski definition) is 1. The Labute approximate surface area is 160 Å². The van der Waals surface area contributed by atoms with Gasteiger partial charge in [0.25, 0.3) is 0 Å². The van der Waals surface area contributed by atoms with E-state index in [1.165, 1.54) is 0 Å². The van der Waals surface area contributed by atoms with E-state index in [0.717, 1.165) is 22.3 Å². The van der Waals surface area contributed by atoms with Crippen LogP contribution in [0.5, 0.6) is 5.75 Å². The summed E-state index contributed by atoms with van der Waals surface area (Å²) in [6.45, 7) is 5.89. The van der Waals surface area contributed by atoms with Gasteiger partial charge in [0.1, 0.15) is 13.6 Å². The predicted octanol–water partition coefficient (Wildman–Crippen LogP) is 2.18. The topological polar surface area (TPSA) is 66.8 Å². The van der Waals surface area contributed by atoms with Gasteiger partial charge in [0.15, 0.2) is 6.73 Å². The number of rotatable bonds is 6. The third kappa shape index (κ3) is 3.70. The fraction of sp³-hybridized carbons (Fsp3) is 0.333. The molecular formula is C21H24BNO4. The lowest BCUT2D eigenvalue weighted by Gasteiger charge is -2.21. The van der Waals surface area contributed by atoms with Gasteiger partial charge in [0.2, 0.25) is 5.91 Å². The van der Waals surface area contributed by atoms with Crippen molar-refractivity contribution in [3.05, 3.63) is 53.6 Å². The Hall–Kier alpha value is -2.76. The van der Waals surface area contributed by atoms with Crippen LogP contribution in [0.1, 0.15) is 44.2 Å². The summed E-state index contributed by atoms with van der Waals surface area (Å²) in [5.41, 5.74) is 3.39. The maximum Gasteiger partial charge on any atom is 0.303 e. The summed E-state index contributed by atoms with van der Waals surface area (Å²) in [5.74, 6) is -0.206. The molecule has 1 aliphatic heterocycles. The van der Waals surface area contributed by atoms with E-state index in [0.29, 0.717) is 5.75 Å². The first-order chi connectivity index (χ1) is 12.7. The average Bonchev–Trinajstić information content (AvgIpc) is 2.79. The highest BCUT2D eigenvalue weighted by atomic mass is 16.5. The summed E-state index contributed by atoms with van der Waals surface area (Å²) in [7, 11) is 2.01. The van der Waals surface area contributed by atoms with Crippen LogP contribution < -0.4 is 15.1 Å². The standard InChI is InChI=1S/C21H24BNO4/c1-13(10-19(24)25)14-4-7-16(8-5-14)27-12-23-18-11-15(22)6-9-17(18)21(2,3)20(23)26/h4-9,11,13H,10,12,22H2,1-3H3,(H,24,25). The number of ether oxygens (including phenoxy) is 1. The number of carboxylic acids is 1. The molecule has 0 radical (unpaired) electrons. The Balaban J connectivity index is 1.73. The number of anilines is 1. The molecule has 1 atom stereocenters. The van der Waals surface area contributed by atoms with Crippen molar-refractivity contribution < 1.29 is 19.4 Å². The van der Waals surface area contributed by atoms with Gasteiger partial charge in [-0.2, -0.15) is 0 Å². The molecule has 1 heterocycles. The van der Waals surface area contributed by atoms with Gasteiger partial charge < -0.3 is 9.84 Å². The van der Waals surface area contributed by atoms with E-state index in [1.54, 1.807) is 4.90 Å². The molecule has 1 aliphatic rings. The number of carbonyl (C=O) groups excluding carboxylic acids is 1. The first-order valence-electron chi connectivity index (χ1n) is 9.08. The summed E-state index contributed by atoms with van der Waals surface area (Å²) in [5, 5.41) is 8.91. The molecule has 1 amide bonds. The fourth-order valence-electron chi connectivity index (χ4n) is 3.50. The lowest BCUT2D eigenvalue weighted by atomic mass is 9.84. The van der Waals surface area contributed by atoms with Crippen molar-refractivity contribution in [1.82, 2.24) is 0 Å². The van der Waals surface area contributed by atoms with Crippen LogP contribution in [0.4, 0.5) is 5.69 Å². The quantitative estimate of drug-likeness (QED) is 0.797. The highest BCUT2D eigenvalue weighted by Crippen LogP contribution is 2.40. The van der Waals surface area contributed by atoms with E-state index in [9.17, 15) is 9.59 Å². The van der Waals surface area contributed by atoms with Crippen LogP contribution >= 0.6 is 0 Å². The fourth-order valence-corrected chi connectivity index (χ4v) is 3.50. The normalized spacial score (nSPS) is 16.1. The first kappa shape index (κ1) is 19.0. The zero-order valence-electron chi connectivity index (χ0n) is 16.2. The first-order valence-corrected chi connectivity index (χ1v) is 9.08. The Kier molecular flexibility index (Phi) is 5.00. The van der Waals surface area contributed by atoms with Crippen LogP contribution in [0, 0.1) is 0 Å². The minimum absolute atomic E-state index is 0.0230. The summed E-state index contributed by atoms with van der Waals surface area (Å²) in [6, 6.07) is 13.4. The minimum Gasteiger partial charge on any atom is -0.481 e. The molecule has 0 fully saturated rings. The molecule has 2 aromatic rings. The van der Waals surface area contributed by atoms with Crippen molar-refractivity contribution in [2.24, 2.45) is 0 Å². The molecule has 2 aromatic carbocycles. The minimum atomic E-state index is -0.813. The van der Waals surface area contributed by atoms with Crippen LogP contribution in [-0.4, -0.2) is 31.6 Å². The van der Waals surface area contributed by atoms with Crippen molar-refractivity contribution in [2.45, 2.75) is 38.5 Å². The zero-order valence-corrected chi connectivity index (χ0v) is 16.2. The maximum atomic E-state index is 12.9. The third-order valence-electron chi connectivity index (χ3n) is 5.19. The number of nitrogens with zero attached hydrogens (tertiary/aromatic N) is 1. The van der Waals surface area contributed by atoms with Crippen LogP contribution in [0.15, 0.2) is 42.5 Å². The van der Waals surface area contributed by atoms with Crippen molar-refractivity contribution in [2.75, 3.05) is 11.6 Å². The van der Waals surface area contributed by atoms with Crippen LogP contribution in [0.3, 0.4) is 0 Å². The largest absolute Gasteiger partial charge is 0.481 e. The summed E-state index contributed by atoms with van der Waals surface area (Å²) in [4.78, 5) is 25.4. The molecule has 0 aliphatic carbocycles. The van der Waals surface area contributed by atoms with Crippen molar-refractivity contribution in [1.29, 1.82) is 0 Å². The van der Waals surface area contributed by atoms with E-state index in [1.807, 2.05) is 71.1 Å². The zero-order chi connectivity index (χ0) is 19.8. The van der Waals surface area contributed by atoms with E-state index in [2.05, 4.69) is 0 Å². The Morgan fingerprint density at radius 2 is 1.89 bits per heavy atom. The van der Waals surface area contributed by atoms with E-state index < -0.39 is 11.4 Å². The van der Waals surface area contributed by atoms with Gasteiger partial charge in [0.05, 0.1) is 17.5 Å². The second-order valence-corrected chi connectivity index (χ2v) is 7.72. The number of amides is 1. The molecule has 0 saturated carbocycles. The molecule has 0 spiro atoms. The second kappa shape index (κ2) is 7.10. The highest BCUT2D eigenvalue weighted by molar-refractivity contribution is 6.33. The lowest BCUT2D eigenvalue weighted by Crippen LogP contribution is -2.38. The van der Waals surface area contributed by atoms with Crippen molar-refractivity contribution >= 4 is 30.9 Å². The predicted molar refractivity (Wildman–Crippen MR) is 108 cm³/mol. The smallest absolute Gasteiger partial charge is 0.303 e.